The van der Waals surface area contributed by atoms with E-state index >= 15 is 0 Å². The van der Waals surface area contributed by atoms with Crippen LogP contribution in [0.3, 0.4) is 0 Å². The van der Waals surface area contributed by atoms with Crippen LogP contribution in [0.4, 0.5) is 4.39 Å². The van der Waals surface area contributed by atoms with Gasteiger partial charge < -0.3 is 15.4 Å². The van der Waals surface area contributed by atoms with Crippen molar-refractivity contribution in [3.05, 3.63) is 42.2 Å². The molecule has 0 aliphatic heterocycles. The summed E-state index contributed by atoms with van der Waals surface area (Å²) in [5, 5.41) is 10.3. The Kier molecular flexibility index (Phi) is 6.53. The van der Waals surface area contributed by atoms with Crippen molar-refractivity contribution in [2.75, 3.05) is 13.6 Å². The Hall–Kier alpha value is -2.64. The molecule has 0 bridgehead atoms. The SMILES string of the molecule is CCC(CNC(=NC)NCc1ncnn1C)Oc1ccccc1F. The number of nitrogens with one attached hydrogen (secondary N) is 2. The maximum Gasteiger partial charge on any atom is 0.191 e. The summed E-state index contributed by atoms with van der Waals surface area (Å²) < 4.78 is 21.1. The number of para-hydroxylation sites is 1. The molecule has 1 atom stereocenters. The fourth-order valence-corrected chi connectivity index (χ4v) is 2.06. The van der Waals surface area contributed by atoms with Crippen molar-refractivity contribution in [2.24, 2.45) is 12.0 Å². The normalized spacial score (nSPS) is 12.8. The predicted molar refractivity (Wildman–Crippen MR) is 90.3 cm³/mol. The molecule has 8 heteroatoms. The molecule has 7 nitrogen and oxygen atoms in total. The molecule has 1 heterocycles. The number of ether oxygens (including phenoxy) is 1. The smallest absolute Gasteiger partial charge is 0.191 e. The minimum absolute atomic E-state index is 0.171. The molecule has 0 aliphatic rings. The quantitative estimate of drug-likeness (QED) is 0.592. The zero-order valence-corrected chi connectivity index (χ0v) is 14.2. The third-order valence-corrected chi connectivity index (χ3v) is 3.53. The Morgan fingerprint density at radius 1 is 1.38 bits per heavy atom. The Labute approximate surface area is 141 Å². The first kappa shape index (κ1) is 17.7. The zero-order valence-electron chi connectivity index (χ0n) is 14.2. The summed E-state index contributed by atoms with van der Waals surface area (Å²) >= 11 is 0. The molecule has 2 N–H and O–H groups in total. The Bertz CT molecular complexity index is 672. The van der Waals surface area contributed by atoms with Gasteiger partial charge in [-0.25, -0.2) is 9.37 Å². The van der Waals surface area contributed by atoms with E-state index in [1.54, 1.807) is 29.9 Å². The first-order valence-electron chi connectivity index (χ1n) is 7.82. The largest absolute Gasteiger partial charge is 0.486 e. The molecule has 0 saturated heterocycles. The fourth-order valence-electron chi connectivity index (χ4n) is 2.06. The van der Waals surface area contributed by atoms with Crippen molar-refractivity contribution < 1.29 is 9.13 Å². The van der Waals surface area contributed by atoms with Gasteiger partial charge in [-0.05, 0) is 18.6 Å². The molecule has 0 aliphatic carbocycles. The van der Waals surface area contributed by atoms with Crippen LogP contribution in [0, 0.1) is 5.82 Å². The van der Waals surface area contributed by atoms with Crippen molar-refractivity contribution in [3.63, 3.8) is 0 Å². The third kappa shape index (κ3) is 4.94. The number of hydrogen-bond donors (Lipinski definition) is 2. The number of halogens is 1. The van der Waals surface area contributed by atoms with Gasteiger partial charge in [-0.2, -0.15) is 5.10 Å². The fraction of sp³-hybridized carbons (Fsp3) is 0.438. The highest BCUT2D eigenvalue weighted by molar-refractivity contribution is 5.79. The lowest BCUT2D eigenvalue weighted by Gasteiger charge is -2.20. The number of nitrogens with zero attached hydrogens (tertiary/aromatic N) is 4. The van der Waals surface area contributed by atoms with Crippen LogP contribution in [-0.2, 0) is 13.6 Å². The molecule has 0 spiro atoms. The van der Waals surface area contributed by atoms with Gasteiger partial charge in [-0.3, -0.25) is 9.67 Å². The van der Waals surface area contributed by atoms with Gasteiger partial charge in [0.15, 0.2) is 17.5 Å². The molecule has 1 aromatic carbocycles. The van der Waals surface area contributed by atoms with Crippen LogP contribution in [0.15, 0.2) is 35.6 Å². The second-order valence-corrected chi connectivity index (χ2v) is 5.19. The van der Waals surface area contributed by atoms with Crippen LogP contribution in [0.5, 0.6) is 5.75 Å². The van der Waals surface area contributed by atoms with Crippen LogP contribution in [-0.4, -0.2) is 40.4 Å². The highest BCUT2D eigenvalue weighted by Crippen LogP contribution is 2.17. The van der Waals surface area contributed by atoms with Crippen LogP contribution >= 0.6 is 0 Å². The predicted octanol–water partition coefficient (Wildman–Crippen LogP) is 1.48. The van der Waals surface area contributed by atoms with E-state index in [2.05, 4.69) is 25.7 Å². The van der Waals surface area contributed by atoms with E-state index in [4.69, 9.17) is 4.74 Å². The number of aryl methyl sites for hydroxylation is 1. The second-order valence-electron chi connectivity index (χ2n) is 5.19. The van der Waals surface area contributed by atoms with Gasteiger partial charge in [0.2, 0.25) is 0 Å². The van der Waals surface area contributed by atoms with Crippen LogP contribution < -0.4 is 15.4 Å². The molecule has 24 heavy (non-hydrogen) atoms. The molecule has 0 amide bonds. The topological polar surface area (TPSA) is 76.4 Å². The number of aromatic nitrogens is 3. The first-order chi connectivity index (χ1) is 11.6. The summed E-state index contributed by atoms with van der Waals surface area (Å²) in [6.07, 6.45) is 2.07. The molecule has 0 fully saturated rings. The van der Waals surface area contributed by atoms with Gasteiger partial charge >= 0.3 is 0 Å². The van der Waals surface area contributed by atoms with E-state index in [1.165, 1.54) is 12.4 Å². The number of hydrogen-bond acceptors (Lipinski definition) is 4. The molecular weight excluding hydrogens is 311 g/mol. The Morgan fingerprint density at radius 3 is 2.79 bits per heavy atom. The molecule has 130 valence electrons. The Morgan fingerprint density at radius 2 is 2.17 bits per heavy atom. The summed E-state index contributed by atoms with van der Waals surface area (Å²) in [5.41, 5.74) is 0. The van der Waals surface area contributed by atoms with Crippen molar-refractivity contribution >= 4 is 5.96 Å². The van der Waals surface area contributed by atoms with Crippen LogP contribution in [0.2, 0.25) is 0 Å². The molecule has 2 rings (SSSR count). The summed E-state index contributed by atoms with van der Waals surface area (Å²) in [6.45, 7) is 2.99. The van der Waals surface area contributed by atoms with E-state index in [-0.39, 0.29) is 17.7 Å². The van der Waals surface area contributed by atoms with Crippen molar-refractivity contribution in [3.8, 4) is 5.75 Å². The highest BCUT2D eigenvalue weighted by atomic mass is 19.1. The van der Waals surface area contributed by atoms with E-state index in [9.17, 15) is 4.39 Å². The third-order valence-electron chi connectivity index (χ3n) is 3.53. The number of benzene rings is 1. The van der Waals surface area contributed by atoms with Gasteiger partial charge in [0, 0.05) is 14.1 Å². The molecule has 0 radical (unpaired) electrons. The lowest BCUT2D eigenvalue weighted by molar-refractivity contribution is 0.191. The zero-order chi connectivity index (χ0) is 17.4. The van der Waals surface area contributed by atoms with Gasteiger partial charge in [0.05, 0.1) is 13.1 Å². The van der Waals surface area contributed by atoms with Gasteiger partial charge in [-0.15, -0.1) is 0 Å². The molecule has 0 saturated carbocycles. The summed E-state index contributed by atoms with van der Waals surface area (Å²) in [7, 11) is 3.51. The lowest BCUT2D eigenvalue weighted by atomic mass is 10.2. The molecular formula is C16H23FN6O. The number of rotatable bonds is 7. The van der Waals surface area contributed by atoms with E-state index in [0.29, 0.717) is 19.0 Å². The summed E-state index contributed by atoms with van der Waals surface area (Å²) in [6, 6.07) is 6.40. The first-order valence-corrected chi connectivity index (χ1v) is 7.82. The molecule has 1 aromatic heterocycles. The molecule has 2 aromatic rings. The van der Waals surface area contributed by atoms with E-state index in [0.717, 1.165) is 12.2 Å². The highest BCUT2D eigenvalue weighted by Gasteiger charge is 2.12. The lowest BCUT2D eigenvalue weighted by Crippen LogP contribution is -2.42. The number of guanidine groups is 1. The Balaban J connectivity index is 1.84. The van der Waals surface area contributed by atoms with Gasteiger partial charge in [0.25, 0.3) is 0 Å². The van der Waals surface area contributed by atoms with Crippen LogP contribution in [0.1, 0.15) is 19.2 Å². The van der Waals surface area contributed by atoms with Gasteiger partial charge in [0.1, 0.15) is 18.3 Å². The average molecular weight is 334 g/mol. The maximum absolute atomic E-state index is 13.7. The number of aliphatic imine (C=N–C) groups is 1. The average Bonchev–Trinajstić information content (AvgIpc) is 3.00. The standard InChI is InChI=1S/C16H23FN6O/c1-4-12(24-14-8-6-5-7-13(14)17)9-19-16(18-2)20-10-15-21-11-22-23(15)3/h5-8,11-12H,4,9-10H2,1-3H3,(H2,18,19,20). The maximum atomic E-state index is 13.7. The second kappa shape index (κ2) is 8.85. The van der Waals surface area contributed by atoms with Crippen LogP contribution in [0.25, 0.3) is 0 Å². The monoisotopic (exact) mass is 334 g/mol. The van der Waals surface area contributed by atoms with Crippen molar-refractivity contribution in [1.29, 1.82) is 0 Å². The summed E-state index contributed by atoms with van der Waals surface area (Å²) in [4.78, 5) is 8.29. The van der Waals surface area contributed by atoms with Crippen molar-refractivity contribution in [2.45, 2.75) is 26.0 Å². The van der Waals surface area contributed by atoms with Gasteiger partial charge in [-0.1, -0.05) is 19.1 Å². The van der Waals surface area contributed by atoms with E-state index in [1.807, 2.05) is 14.0 Å². The minimum Gasteiger partial charge on any atom is -0.486 e. The minimum atomic E-state index is -0.360. The molecule has 1 unspecified atom stereocenters. The van der Waals surface area contributed by atoms with E-state index < -0.39 is 0 Å². The van der Waals surface area contributed by atoms with Crippen molar-refractivity contribution in [1.82, 2.24) is 25.4 Å². The summed E-state index contributed by atoms with van der Waals surface area (Å²) in [5.74, 6) is 1.31.